The van der Waals surface area contributed by atoms with Crippen LogP contribution in [-0.4, -0.2) is 73.1 Å². The molecular formula is C45H86N2O5. The predicted octanol–water partition coefficient (Wildman–Crippen LogP) is 11.8. The molecule has 0 aromatic heterocycles. The van der Waals surface area contributed by atoms with Crippen molar-refractivity contribution in [1.82, 2.24) is 9.80 Å². The van der Waals surface area contributed by atoms with E-state index in [0.29, 0.717) is 19.5 Å². The topological polar surface area (TPSA) is 76.1 Å². The molecule has 1 heterocycles. The number of nitrogens with zero attached hydrogens (tertiary/aromatic N) is 2. The Bertz CT molecular complexity index is 783. The van der Waals surface area contributed by atoms with Crippen molar-refractivity contribution in [3.8, 4) is 0 Å². The summed E-state index contributed by atoms with van der Waals surface area (Å²) < 4.78 is 11.8. The SMILES string of the molecule is CCCCCCCC(CCCCCCC)C(=O)OCCN(CCOC(=O)C(CCCCCCC)CCCCCCC)C(=O)CC(C)N1CCCCC1. The number of likely N-dealkylation sites (tertiary alicyclic amines) is 1. The van der Waals surface area contributed by atoms with Gasteiger partial charge in [0.05, 0.1) is 24.9 Å². The van der Waals surface area contributed by atoms with Gasteiger partial charge in [0, 0.05) is 12.5 Å². The van der Waals surface area contributed by atoms with E-state index in [0.717, 1.165) is 64.5 Å². The molecule has 1 saturated heterocycles. The lowest BCUT2D eigenvalue weighted by Crippen LogP contribution is -2.43. The summed E-state index contributed by atoms with van der Waals surface area (Å²) in [6.07, 6.45) is 31.3. The van der Waals surface area contributed by atoms with Crippen molar-refractivity contribution in [2.75, 3.05) is 39.4 Å². The van der Waals surface area contributed by atoms with Gasteiger partial charge < -0.3 is 19.3 Å². The lowest BCUT2D eigenvalue weighted by Gasteiger charge is -2.33. The number of piperidine rings is 1. The van der Waals surface area contributed by atoms with Gasteiger partial charge in [0.15, 0.2) is 0 Å². The van der Waals surface area contributed by atoms with Crippen LogP contribution in [0.1, 0.15) is 214 Å². The summed E-state index contributed by atoms with van der Waals surface area (Å²) >= 11 is 0. The van der Waals surface area contributed by atoms with Crippen LogP contribution >= 0.6 is 0 Å². The maximum absolute atomic E-state index is 13.7. The molecule has 0 spiro atoms. The largest absolute Gasteiger partial charge is 0.464 e. The molecule has 0 aromatic rings. The summed E-state index contributed by atoms with van der Waals surface area (Å²) in [5, 5.41) is 0. The second kappa shape index (κ2) is 33.9. The maximum Gasteiger partial charge on any atom is 0.308 e. The number of amides is 1. The minimum absolute atomic E-state index is 0.0527. The van der Waals surface area contributed by atoms with Gasteiger partial charge in [-0.25, -0.2) is 0 Å². The highest BCUT2D eigenvalue weighted by Crippen LogP contribution is 2.22. The Kier molecular flexibility index (Phi) is 31.5. The standard InChI is InChI=1S/C45H86N2O5/c1-6-10-14-18-23-29-41(30-24-19-15-11-7-2)44(49)51-37-35-47(43(48)39-40(5)46-33-27-22-28-34-46)36-38-52-45(50)42(31-25-20-16-12-8-3)32-26-21-17-13-9-4/h40-42H,6-39H2,1-5H3. The van der Waals surface area contributed by atoms with Crippen LogP contribution in [-0.2, 0) is 23.9 Å². The van der Waals surface area contributed by atoms with Crippen LogP contribution in [0.2, 0.25) is 0 Å². The minimum atomic E-state index is -0.104. The average Bonchev–Trinajstić information content (AvgIpc) is 3.15. The molecule has 1 unspecified atom stereocenters. The first-order valence-corrected chi connectivity index (χ1v) is 22.7. The van der Waals surface area contributed by atoms with Crippen LogP contribution in [0.15, 0.2) is 0 Å². The molecule has 1 amide bonds. The molecule has 1 aliphatic rings. The molecule has 1 fully saturated rings. The van der Waals surface area contributed by atoms with Crippen molar-refractivity contribution in [3.63, 3.8) is 0 Å². The molecule has 0 radical (unpaired) electrons. The fraction of sp³-hybridized carbons (Fsp3) is 0.933. The highest BCUT2D eigenvalue weighted by molar-refractivity contribution is 5.77. The van der Waals surface area contributed by atoms with Crippen LogP contribution < -0.4 is 0 Å². The van der Waals surface area contributed by atoms with Crippen LogP contribution in [0.5, 0.6) is 0 Å². The van der Waals surface area contributed by atoms with E-state index in [1.54, 1.807) is 4.90 Å². The Morgan fingerprint density at radius 2 is 0.865 bits per heavy atom. The Morgan fingerprint density at radius 1 is 0.519 bits per heavy atom. The third-order valence-corrected chi connectivity index (χ3v) is 11.3. The molecule has 52 heavy (non-hydrogen) atoms. The zero-order chi connectivity index (χ0) is 38.1. The zero-order valence-electron chi connectivity index (χ0n) is 35.2. The molecule has 0 saturated carbocycles. The Hall–Kier alpha value is -1.63. The van der Waals surface area contributed by atoms with Crippen molar-refractivity contribution < 1.29 is 23.9 Å². The molecule has 7 heteroatoms. The van der Waals surface area contributed by atoms with Crippen LogP contribution in [0.4, 0.5) is 0 Å². The Morgan fingerprint density at radius 3 is 1.21 bits per heavy atom. The molecule has 1 aliphatic heterocycles. The van der Waals surface area contributed by atoms with Crippen LogP contribution in [0, 0.1) is 11.8 Å². The minimum Gasteiger partial charge on any atom is -0.464 e. The smallest absolute Gasteiger partial charge is 0.308 e. The highest BCUT2D eigenvalue weighted by atomic mass is 16.5. The monoisotopic (exact) mass is 735 g/mol. The van der Waals surface area contributed by atoms with E-state index in [1.807, 2.05) is 0 Å². The number of hydrogen-bond donors (Lipinski definition) is 0. The summed E-state index contributed by atoms with van der Waals surface area (Å²) in [5.74, 6) is -0.280. The second-order valence-electron chi connectivity index (χ2n) is 16.1. The number of esters is 2. The number of hydrogen-bond acceptors (Lipinski definition) is 6. The summed E-state index contributed by atoms with van der Waals surface area (Å²) in [6, 6.07) is 0.162. The van der Waals surface area contributed by atoms with E-state index in [2.05, 4.69) is 39.5 Å². The molecule has 306 valence electrons. The van der Waals surface area contributed by atoms with E-state index in [-0.39, 0.29) is 48.9 Å². The number of rotatable bonds is 35. The van der Waals surface area contributed by atoms with Crippen molar-refractivity contribution in [3.05, 3.63) is 0 Å². The van der Waals surface area contributed by atoms with Crippen molar-refractivity contribution in [2.45, 2.75) is 220 Å². The Balaban J connectivity index is 2.83. The molecule has 0 N–H and O–H groups in total. The lowest BCUT2D eigenvalue weighted by molar-refractivity contribution is -0.152. The lowest BCUT2D eigenvalue weighted by atomic mass is 9.94. The number of ether oxygens (including phenoxy) is 2. The third kappa shape index (κ3) is 24.6. The highest BCUT2D eigenvalue weighted by Gasteiger charge is 2.25. The average molecular weight is 735 g/mol. The summed E-state index contributed by atoms with van der Waals surface area (Å²) in [6.45, 7) is 14.2. The normalized spacial score (nSPS) is 14.2. The molecule has 0 bridgehead atoms. The van der Waals surface area contributed by atoms with Gasteiger partial charge >= 0.3 is 11.9 Å². The van der Waals surface area contributed by atoms with Crippen molar-refractivity contribution >= 4 is 17.8 Å². The van der Waals surface area contributed by atoms with Gasteiger partial charge in [-0.2, -0.15) is 0 Å². The molecule has 1 rings (SSSR count). The molecule has 1 atom stereocenters. The maximum atomic E-state index is 13.7. The summed E-state index contributed by atoms with van der Waals surface area (Å²) in [4.78, 5) is 44.7. The Labute approximate surface area is 322 Å². The first-order valence-electron chi connectivity index (χ1n) is 22.7. The van der Waals surface area contributed by atoms with Gasteiger partial charge in [-0.15, -0.1) is 0 Å². The van der Waals surface area contributed by atoms with Crippen molar-refractivity contribution in [2.24, 2.45) is 11.8 Å². The van der Waals surface area contributed by atoms with Crippen LogP contribution in [0.3, 0.4) is 0 Å². The summed E-state index contributed by atoms with van der Waals surface area (Å²) in [5.41, 5.74) is 0. The second-order valence-corrected chi connectivity index (χ2v) is 16.1. The fourth-order valence-electron chi connectivity index (χ4n) is 7.72. The van der Waals surface area contributed by atoms with E-state index >= 15 is 0 Å². The van der Waals surface area contributed by atoms with Gasteiger partial charge in [-0.1, -0.05) is 163 Å². The quantitative estimate of drug-likeness (QED) is 0.0477. The number of carbonyl (C=O) groups excluding carboxylic acids is 3. The van der Waals surface area contributed by atoms with Gasteiger partial charge in [-0.05, 0) is 58.5 Å². The van der Waals surface area contributed by atoms with E-state index in [4.69, 9.17) is 9.47 Å². The third-order valence-electron chi connectivity index (χ3n) is 11.3. The molecule has 7 nitrogen and oxygen atoms in total. The number of carbonyl (C=O) groups is 3. The van der Waals surface area contributed by atoms with Gasteiger partial charge in [0.2, 0.25) is 5.91 Å². The molecular weight excluding hydrogens is 649 g/mol. The van der Waals surface area contributed by atoms with E-state index in [9.17, 15) is 14.4 Å². The van der Waals surface area contributed by atoms with Gasteiger partial charge in [0.1, 0.15) is 13.2 Å². The first kappa shape index (κ1) is 48.4. The molecule has 0 aliphatic carbocycles. The van der Waals surface area contributed by atoms with Gasteiger partial charge in [0.25, 0.3) is 0 Å². The summed E-state index contributed by atoms with van der Waals surface area (Å²) in [7, 11) is 0. The van der Waals surface area contributed by atoms with Crippen molar-refractivity contribution in [1.29, 1.82) is 0 Å². The first-order chi connectivity index (χ1) is 25.4. The zero-order valence-corrected chi connectivity index (χ0v) is 35.2. The van der Waals surface area contributed by atoms with Gasteiger partial charge in [-0.3, -0.25) is 14.4 Å². The predicted molar refractivity (Wildman–Crippen MR) is 218 cm³/mol. The molecule has 0 aromatic carbocycles. The van der Waals surface area contributed by atoms with E-state index < -0.39 is 0 Å². The number of unbranched alkanes of at least 4 members (excludes halogenated alkanes) is 16. The fourth-order valence-corrected chi connectivity index (χ4v) is 7.72. The van der Waals surface area contributed by atoms with Crippen LogP contribution in [0.25, 0.3) is 0 Å². The van der Waals surface area contributed by atoms with E-state index in [1.165, 1.54) is 122 Å².